The standard InChI is InChI=1S/C34H34Cl2N2O8S/c1-34(2,3)46-33(40)31(21-10-7-6-8-11-21)38-47(41,42)24-13-9-12-23(16-24)32(39)45-29(18-25-26(35)19-37-20-27(25)36)22-14-15-28(43-4)30(17-22)44-5/h6-17,19-20,29,31,38H,18H2,1-5H3/t29-,31?/m0/s1. The third-order valence-corrected chi connectivity index (χ3v) is 8.87. The van der Waals surface area contributed by atoms with Gasteiger partial charge in [0.2, 0.25) is 10.0 Å². The van der Waals surface area contributed by atoms with Crippen LogP contribution in [-0.2, 0) is 30.7 Å². The second-order valence-electron chi connectivity index (χ2n) is 11.3. The second kappa shape index (κ2) is 15.2. The Morgan fingerprint density at radius 1 is 0.851 bits per heavy atom. The van der Waals surface area contributed by atoms with Crippen molar-refractivity contribution in [3.8, 4) is 11.5 Å². The summed E-state index contributed by atoms with van der Waals surface area (Å²) in [6.07, 6.45) is 1.98. The maximum absolute atomic E-state index is 13.6. The number of sulfonamides is 1. The van der Waals surface area contributed by atoms with E-state index in [1.165, 1.54) is 50.9 Å². The SMILES string of the molecule is COc1ccc([C@H](Cc2c(Cl)cncc2Cl)OC(=O)c2cccc(S(=O)(=O)NC(C(=O)OC(C)(C)C)c3ccccc3)c2)cc1OC. The van der Waals surface area contributed by atoms with Gasteiger partial charge >= 0.3 is 11.9 Å². The van der Waals surface area contributed by atoms with Crippen LogP contribution < -0.4 is 14.2 Å². The van der Waals surface area contributed by atoms with Gasteiger partial charge in [-0.15, -0.1) is 0 Å². The van der Waals surface area contributed by atoms with Crippen molar-refractivity contribution < 1.29 is 37.0 Å². The van der Waals surface area contributed by atoms with Crippen LogP contribution in [0.25, 0.3) is 0 Å². The lowest BCUT2D eigenvalue weighted by Gasteiger charge is -2.25. The number of rotatable bonds is 12. The molecular weight excluding hydrogens is 667 g/mol. The first-order chi connectivity index (χ1) is 22.2. The third-order valence-electron chi connectivity index (χ3n) is 6.80. The Bertz CT molecular complexity index is 1830. The molecule has 0 saturated carbocycles. The zero-order valence-electron chi connectivity index (χ0n) is 26.3. The number of halogens is 2. The van der Waals surface area contributed by atoms with Crippen LogP contribution in [0.1, 0.15) is 60.0 Å². The van der Waals surface area contributed by atoms with Gasteiger partial charge in [0.15, 0.2) is 11.5 Å². The largest absolute Gasteiger partial charge is 0.493 e. The highest BCUT2D eigenvalue weighted by molar-refractivity contribution is 7.89. The van der Waals surface area contributed by atoms with Gasteiger partial charge in [0, 0.05) is 18.8 Å². The monoisotopic (exact) mass is 700 g/mol. The highest BCUT2D eigenvalue weighted by Gasteiger charge is 2.32. The maximum Gasteiger partial charge on any atom is 0.338 e. The lowest BCUT2D eigenvalue weighted by molar-refractivity contribution is -0.157. The minimum Gasteiger partial charge on any atom is -0.493 e. The number of hydrogen-bond acceptors (Lipinski definition) is 9. The van der Waals surface area contributed by atoms with Crippen LogP contribution in [0.5, 0.6) is 11.5 Å². The second-order valence-corrected chi connectivity index (χ2v) is 13.8. The average molecular weight is 702 g/mol. The van der Waals surface area contributed by atoms with E-state index in [1.807, 2.05) is 0 Å². The topological polar surface area (TPSA) is 130 Å². The van der Waals surface area contributed by atoms with Crippen LogP contribution in [0.2, 0.25) is 10.0 Å². The summed E-state index contributed by atoms with van der Waals surface area (Å²) < 4.78 is 51.9. The molecule has 1 N–H and O–H groups in total. The molecule has 13 heteroatoms. The number of ether oxygens (including phenoxy) is 4. The molecule has 1 heterocycles. The Labute approximate surface area is 284 Å². The van der Waals surface area contributed by atoms with Gasteiger partial charge in [-0.2, -0.15) is 4.72 Å². The van der Waals surface area contributed by atoms with Gasteiger partial charge in [-0.3, -0.25) is 4.98 Å². The molecule has 0 aliphatic rings. The van der Waals surface area contributed by atoms with Crippen LogP contribution in [0.3, 0.4) is 0 Å². The van der Waals surface area contributed by atoms with Crippen molar-refractivity contribution in [1.29, 1.82) is 0 Å². The van der Waals surface area contributed by atoms with Gasteiger partial charge in [0.05, 0.1) is 34.7 Å². The summed E-state index contributed by atoms with van der Waals surface area (Å²) >= 11 is 12.8. The number of hydrogen-bond donors (Lipinski definition) is 1. The number of carbonyl (C=O) groups is 2. The molecule has 1 unspecified atom stereocenters. The Hall–Kier alpha value is -4.16. The zero-order valence-corrected chi connectivity index (χ0v) is 28.7. The van der Waals surface area contributed by atoms with Gasteiger partial charge in [-0.05, 0) is 67.8 Å². The van der Waals surface area contributed by atoms with Gasteiger partial charge in [-0.1, -0.05) is 65.7 Å². The molecule has 0 aliphatic heterocycles. The molecule has 0 radical (unpaired) electrons. The van der Waals surface area contributed by atoms with E-state index in [0.717, 1.165) is 0 Å². The minimum absolute atomic E-state index is 0.0567. The average Bonchev–Trinajstić information content (AvgIpc) is 3.04. The van der Waals surface area contributed by atoms with Crippen molar-refractivity contribution in [3.63, 3.8) is 0 Å². The maximum atomic E-state index is 13.6. The molecule has 0 fully saturated rings. The van der Waals surface area contributed by atoms with Crippen LogP contribution in [-0.4, -0.2) is 45.2 Å². The summed E-state index contributed by atoms with van der Waals surface area (Å²) in [4.78, 5) is 30.4. The fourth-order valence-electron chi connectivity index (χ4n) is 4.57. The predicted octanol–water partition coefficient (Wildman–Crippen LogP) is 6.91. The molecule has 2 atom stereocenters. The minimum atomic E-state index is -4.35. The molecule has 248 valence electrons. The fourth-order valence-corrected chi connectivity index (χ4v) is 6.31. The summed E-state index contributed by atoms with van der Waals surface area (Å²) in [5.74, 6) is -0.745. The van der Waals surface area contributed by atoms with Crippen molar-refractivity contribution in [2.45, 2.75) is 49.8 Å². The van der Waals surface area contributed by atoms with Crippen LogP contribution >= 0.6 is 23.2 Å². The molecular formula is C34H34Cl2N2O8S. The number of aromatic nitrogens is 1. The lowest BCUT2D eigenvalue weighted by atomic mass is 10.0. The molecule has 10 nitrogen and oxygen atoms in total. The fraction of sp³-hybridized carbons (Fsp3) is 0.265. The van der Waals surface area contributed by atoms with E-state index >= 15 is 0 Å². The van der Waals surface area contributed by atoms with Crippen LogP contribution in [0.15, 0.2) is 90.1 Å². The normalized spacial score (nSPS) is 12.9. The molecule has 4 aromatic rings. The summed E-state index contributed by atoms with van der Waals surface area (Å²) in [5, 5.41) is 0.548. The molecule has 0 spiro atoms. The zero-order chi connectivity index (χ0) is 34.4. The molecule has 47 heavy (non-hydrogen) atoms. The smallest absolute Gasteiger partial charge is 0.338 e. The summed E-state index contributed by atoms with van der Waals surface area (Å²) in [5.41, 5.74) is 0.485. The number of nitrogens with zero attached hydrogens (tertiary/aromatic N) is 1. The van der Waals surface area contributed by atoms with E-state index in [4.69, 9.17) is 42.1 Å². The number of esters is 2. The lowest BCUT2D eigenvalue weighted by Crippen LogP contribution is -2.38. The first kappa shape index (κ1) is 35.7. The molecule has 0 bridgehead atoms. The Morgan fingerprint density at radius 3 is 2.13 bits per heavy atom. The Kier molecular flexibility index (Phi) is 11.5. The Balaban J connectivity index is 1.66. The quantitative estimate of drug-likeness (QED) is 0.157. The summed E-state index contributed by atoms with van der Waals surface area (Å²) in [6.45, 7) is 5.05. The van der Waals surface area contributed by atoms with Crippen LogP contribution in [0, 0.1) is 0 Å². The van der Waals surface area contributed by atoms with E-state index in [9.17, 15) is 18.0 Å². The van der Waals surface area contributed by atoms with E-state index in [0.29, 0.717) is 28.2 Å². The molecule has 3 aromatic carbocycles. The van der Waals surface area contributed by atoms with Crippen molar-refractivity contribution in [1.82, 2.24) is 9.71 Å². The van der Waals surface area contributed by atoms with Crippen LogP contribution in [0.4, 0.5) is 0 Å². The molecule has 4 rings (SSSR count). The molecule has 0 aliphatic carbocycles. The van der Waals surface area contributed by atoms with E-state index < -0.39 is 39.7 Å². The van der Waals surface area contributed by atoms with Gasteiger partial charge in [0.25, 0.3) is 0 Å². The van der Waals surface area contributed by atoms with Crippen molar-refractivity contribution in [2.75, 3.05) is 14.2 Å². The highest BCUT2D eigenvalue weighted by Crippen LogP contribution is 2.35. The number of carbonyl (C=O) groups excluding carboxylic acids is 2. The summed E-state index contributed by atoms with van der Waals surface area (Å²) in [7, 11) is -1.38. The van der Waals surface area contributed by atoms with E-state index in [2.05, 4.69) is 9.71 Å². The number of nitrogens with one attached hydrogen (secondary N) is 1. The van der Waals surface area contributed by atoms with Gasteiger partial charge < -0.3 is 18.9 Å². The number of pyridine rings is 1. The number of benzene rings is 3. The first-order valence-corrected chi connectivity index (χ1v) is 16.6. The van der Waals surface area contributed by atoms with E-state index in [1.54, 1.807) is 69.3 Å². The molecule has 1 aromatic heterocycles. The van der Waals surface area contributed by atoms with Gasteiger partial charge in [-0.25, -0.2) is 18.0 Å². The highest BCUT2D eigenvalue weighted by atomic mass is 35.5. The van der Waals surface area contributed by atoms with E-state index in [-0.39, 0.29) is 26.9 Å². The molecule has 0 amide bonds. The molecule has 0 saturated heterocycles. The first-order valence-electron chi connectivity index (χ1n) is 14.3. The van der Waals surface area contributed by atoms with Crippen molar-refractivity contribution in [2.24, 2.45) is 0 Å². The van der Waals surface area contributed by atoms with Crippen molar-refractivity contribution in [3.05, 3.63) is 117 Å². The van der Waals surface area contributed by atoms with Gasteiger partial charge in [0.1, 0.15) is 17.7 Å². The van der Waals surface area contributed by atoms with Crippen molar-refractivity contribution >= 4 is 45.2 Å². The predicted molar refractivity (Wildman–Crippen MR) is 177 cm³/mol. The number of methoxy groups -OCH3 is 2. The third kappa shape index (κ3) is 9.23. The summed E-state index contributed by atoms with van der Waals surface area (Å²) in [6, 6.07) is 17.3. The Morgan fingerprint density at radius 2 is 1.51 bits per heavy atom.